The molecule has 1 fully saturated rings. The topological polar surface area (TPSA) is 62.3 Å². The van der Waals surface area contributed by atoms with E-state index in [-0.39, 0.29) is 17.7 Å². The normalized spacial score (nSPS) is 18.6. The molecule has 0 aromatic carbocycles. The van der Waals surface area contributed by atoms with Gasteiger partial charge < -0.3 is 10.2 Å². The maximum atomic E-state index is 12.4. The van der Waals surface area contributed by atoms with Crippen LogP contribution >= 0.6 is 0 Å². The van der Waals surface area contributed by atoms with Gasteiger partial charge in [-0.15, -0.1) is 0 Å². The summed E-state index contributed by atoms with van der Waals surface area (Å²) in [5, 5.41) is 3.08. The van der Waals surface area contributed by atoms with Crippen molar-refractivity contribution >= 4 is 11.8 Å². The van der Waals surface area contributed by atoms with Gasteiger partial charge in [0.05, 0.1) is 5.56 Å². The van der Waals surface area contributed by atoms with Gasteiger partial charge in [-0.05, 0) is 57.1 Å². The van der Waals surface area contributed by atoms with Crippen LogP contribution in [0.1, 0.15) is 55.3 Å². The molecule has 0 saturated carbocycles. The molecule has 2 aliphatic rings. The summed E-state index contributed by atoms with van der Waals surface area (Å²) in [5.74, 6) is 0.180. The van der Waals surface area contributed by atoms with Gasteiger partial charge in [-0.2, -0.15) is 0 Å². The van der Waals surface area contributed by atoms with Crippen molar-refractivity contribution in [2.45, 2.75) is 44.9 Å². The summed E-state index contributed by atoms with van der Waals surface area (Å²) in [5.41, 5.74) is 2.11. The zero-order valence-electron chi connectivity index (χ0n) is 14.7. The smallest absolute Gasteiger partial charge is 0.255 e. The van der Waals surface area contributed by atoms with Gasteiger partial charge in [-0.25, -0.2) is 0 Å². The van der Waals surface area contributed by atoms with Crippen LogP contribution < -0.4 is 5.32 Å². The number of hydrogen-bond acceptors (Lipinski definition) is 3. The van der Waals surface area contributed by atoms with Crippen LogP contribution in [0.25, 0.3) is 0 Å². The van der Waals surface area contributed by atoms with Crippen LogP contribution in [0.4, 0.5) is 0 Å². The van der Waals surface area contributed by atoms with Gasteiger partial charge in [-0.1, -0.05) is 11.6 Å². The second-order valence-electron chi connectivity index (χ2n) is 6.96. The van der Waals surface area contributed by atoms with Crippen molar-refractivity contribution in [1.29, 1.82) is 0 Å². The molecule has 2 heterocycles. The van der Waals surface area contributed by atoms with Crippen molar-refractivity contribution in [2.75, 3.05) is 19.6 Å². The second-order valence-corrected chi connectivity index (χ2v) is 6.96. The lowest BCUT2D eigenvalue weighted by atomic mass is 9.95. The minimum absolute atomic E-state index is 0.0104. The third-order valence-corrected chi connectivity index (χ3v) is 5.19. The predicted octanol–water partition coefficient (Wildman–Crippen LogP) is 2.94. The number of piperidine rings is 1. The van der Waals surface area contributed by atoms with E-state index in [0.29, 0.717) is 18.7 Å². The lowest BCUT2D eigenvalue weighted by molar-refractivity contribution is -0.126. The molecule has 0 unspecified atom stereocenters. The SMILES string of the molecule is O=C(NCCC1=CCCCC1)C1CCN(C(=O)c2cccnc2)CC1. The highest BCUT2D eigenvalue weighted by Gasteiger charge is 2.27. The standard InChI is InChI=1S/C20H27N3O2/c24-19(22-12-8-16-5-2-1-3-6-16)17-9-13-23(14-10-17)20(25)18-7-4-11-21-15-18/h4-5,7,11,15,17H,1-3,6,8-10,12-14H2,(H,22,24). The maximum Gasteiger partial charge on any atom is 0.255 e. The second kappa shape index (κ2) is 8.79. The first-order chi connectivity index (χ1) is 12.2. The summed E-state index contributed by atoms with van der Waals surface area (Å²) in [6.07, 6.45) is 13.0. The number of carbonyl (C=O) groups is 2. The van der Waals surface area contributed by atoms with E-state index < -0.39 is 0 Å². The Labute approximate surface area is 149 Å². The molecule has 1 aromatic heterocycles. The number of nitrogens with one attached hydrogen (secondary N) is 1. The van der Waals surface area contributed by atoms with Crippen LogP contribution in [-0.2, 0) is 4.79 Å². The van der Waals surface area contributed by atoms with Gasteiger partial charge in [0, 0.05) is 37.9 Å². The van der Waals surface area contributed by atoms with Crippen molar-refractivity contribution in [3.05, 3.63) is 41.7 Å². The molecule has 0 atom stereocenters. The molecule has 1 aromatic rings. The van der Waals surface area contributed by atoms with E-state index in [1.807, 2.05) is 4.90 Å². The summed E-state index contributed by atoms with van der Waals surface area (Å²) in [6, 6.07) is 3.56. The van der Waals surface area contributed by atoms with Crippen molar-refractivity contribution in [3.8, 4) is 0 Å². The van der Waals surface area contributed by atoms with Crippen LogP contribution in [-0.4, -0.2) is 41.3 Å². The highest BCUT2D eigenvalue weighted by atomic mass is 16.2. The lowest BCUT2D eigenvalue weighted by Gasteiger charge is -2.31. The Morgan fingerprint density at radius 3 is 2.76 bits per heavy atom. The van der Waals surface area contributed by atoms with E-state index >= 15 is 0 Å². The third-order valence-electron chi connectivity index (χ3n) is 5.19. The van der Waals surface area contributed by atoms with Gasteiger partial charge in [0.25, 0.3) is 5.91 Å². The highest BCUT2D eigenvalue weighted by molar-refractivity contribution is 5.94. The van der Waals surface area contributed by atoms with Gasteiger partial charge in [0.1, 0.15) is 0 Å². The summed E-state index contributed by atoms with van der Waals surface area (Å²) in [4.78, 5) is 30.6. The fourth-order valence-electron chi connectivity index (χ4n) is 3.64. The number of allylic oxidation sites excluding steroid dienone is 1. The summed E-state index contributed by atoms with van der Waals surface area (Å²) < 4.78 is 0. The maximum absolute atomic E-state index is 12.4. The fraction of sp³-hybridized carbons (Fsp3) is 0.550. The Hall–Kier alpha value is -2.17. The van der Waals surface area contributed by atoms with Crippen LogP contribution in [0.3, 0.4) is 0 Å². The Bertz CT molecular complexity index is 619. The van der Waals surface area contributed by atoms with Gasteiger partial charge in [0.2, 0.25) is 5.91 Å². The van der Waals surface area contributed by atoms with E-state index in [1.165, 1.54) is 31.3 Å². The molecular formula is C20H27N3O2. The van der Waals surface area contributed by atoms with E-state index in [9.17, 15) is 9.59 Å². The largest absolute Gasteiger partial charge is 0.356 e. The molecule has 1 aliphatic heterocycles. The van der Waals surface area contributed by atoms with E-state index in [2.05, 4.69) is 16.4 Å². The molecule has 2 amide bonds. The minimum atomic E-state index is 0.0104. The van der Waals surface area contributed by atoms with Crippen molar-refractivity contribution in [3.63, 3.8) is 0 Å². The average molecular weight is 341 g/mol. The number of amides is 2. The van der Waals surface area contributed by atoms with Crippen LogP contribution in [0.15, 0.2) is 36.2 Å². The van der Waals surface area contributed by atoms with Crippen molar-refractivity contribution in [2.24, 2.45) is 5.92 Å². The molecule has 1 saturated heterocycles. The van der Waals surface area contributed by atoms with Crippen LogP contribution in [0.5, 0.6) is 0 Å². The fourth-order valence-corrected chi connectivity index (χ4v) is 3.64. The highest BCUT2D eigenvalue weighted by Crippen LogP contribution is 2.21. The Kier molecular flexibility index (Phi) is 6.20. The first kappa shape index (κ1) is 17.6. The van der Waals surface area contributed by atoms with Gasteiger partial charge in [0.15, 0.2) is 0 Å². The number of aromatic nitrogens is 1. The van der Waals surface area contributed by atoms with Crippen LogP contribution in [0, 0.1) is 5.92 Å². The molecule has 25 heavy (non-hydrogen) atoms. The average Bonchev–Trinajstić information content (AvgIpc) is 2.69. The number of nitrogens with zero attached hydrogens (tertiary/aromatic N) is 2. The summed E-state index contributed by atoms with van der Waals surface area (Å²) in [6.45, 7) is 2.01. The molecule has 5 nitrogen and oxygen atoms in total. The van der Waals surface area contributed by atoms with Crippen molar-refractivity contribution in [1.82, 2.24) is 15.2 Å². The first-order valence-electron chi connectivity index (χ1n) is 9.39. The molecule has 0 spiro atoms. The van der Waals surface area contributed by atoms with Gasteiger partial charge in [-0.3, -0.25) is 14.6 Å². The number of carbonyl (C=O) groups excluding carboxylic acids is 2. The molecule has 134 valence electrons. The Balaban J connectivity index is 1.40. The lowest BCUT2D eigenvalue weighted by Crippen LogP contribution is -2.43. The number of rotatable bonds is 5. The minimum Gasteiger partial charge on any atom is -0.356 e. The third kappa shape index (κ3) is 4.91. The molecule has 0 bridgehead atoms. The molecule has 5 heteroatoms. The molecule has 0 radical (unpaired) electrons. The Morgan fingerprint density at radius 1 is 1.24 bits per heavy atom. The summed E-state index contributed by atoms with van der Waals surface area (Å²) >= 11 is 0. The van der Waals surface area contributed by atoms with E-state index in [1.54, 1.807) is 24.5 Å². The molecule has 1 aliphatic carbocycles. The van der Waals surface area contributed by atoms with E-state index in [0.717, 1.165) is 25.8 Å². The number of pyridine rings is 1. The monoisotopic (exact) mass is 341 g/mol. The molecule has 1 N–H and O–H groups in total. The summed E-state index contributed by atoms with van der Waals surface area (Å²) in [7, 11) is 0. The molecular weight excluding hydrogens is 314 g/mol. The molecule has 3 rings (SSSR count). The number of likely N-dealkylation sites (tertiary alicyclic amines) is 1. The zero-order valence-corrected chi connectivity index (χ0v) is 14.7. The number of hydrogen-bond donors (Lipinski definition) is 1. The Morgan fingerprint density at radius 2 is 2.08 bits per heavy atom. The predicted molar refractivity (Wildman–Crippen MR) is 97.0 cm³/mol. The van der Waals surface area contributed by atoms with Gasteiger partial charge >= 0.3 is 0 Å². The van der Waals surface area contributed by atoms with E-state index in [4.69, 9.17) is 0 Å². The zero-order chi connectivity index (χ0) is 17.5. The van der Waals surface area contributed by atoms with Crippen molar-refractivity contribution < 1.29 is 9.59 Å². The quantitative estimate of drug-likeness (QED) is 0.838. The first-order valence-corrected chi connectivity index (χ1v) is 9.39. The van der Waals surface area contributed by atoms with Crippen LogP contribution in [0.2, 0.25) is 0 Å².